The number of nitrogens with zero attached hydrogens (tertiary/aromatic N) is 2. The van der Waals surface area contributed by atoms with Crippen LogP contribution in [-0.4, -0.2) is 49.9 Å². The van der Waals surface area contributed by atoms with Gasteiger partial charge >= 0.3 is 6.09 Å². The molecule has 1 saturated heterocycles. The van der Waals surface area contributed by atoms with E-state index in [1.807, 2.05) is 46.0 Å². The van der Waals surface area contributed by atoms with Crippen LogP contribution >= 0.6 is 0 Å². The molecule has 0 aliphatic carbocycles. The quantitative estimate of drug-likeness (QED) is 0.860. The van der Waals surface area contributed by atoms with Crippen molar-refractivity contribution in [3.8, 4) is 5.75 Å². The number of benzene rings is 1. The lowest BCUT2D eigenvalue weighted by Crippen LogP contribution is -2.47. The molecule has 2 rings (SSSR count). The number of anilines is 2. The number of ether oxygens (including phenoxy) is 2. The molecule has 24 heavy (non-hydrogen) atoms. The van der Waals surface area contributed by atoms with Crippen LogP contribution in [0, 0.1) is 0 Å². The fourth-order valence-electron chi connectivity index (χ4n) is 2.93. The second kappa shape index (κ2) is 7.20. The van der Waals surface area contributed by atoms with Crippen LogP contribution in [0.1, 0.15) is 33.6 Å². The molecular weight excluding hydrogens is 306 g/mol. The smallest absolute Gasteiger partial charge is 0.410 e. The molecule has 0 bridgehead atoms. The van der Waals surface area contributed by atoms with Gasteiger partial charge in [-0.2, -0.15) is 0 Å². The molecule has 0 unspecified atom stereocenters. The highest BCUT2D eigenvalue weighted by molar-refractivity contribution is 5.68. The third-order valence-corrected chi connectivity index (χ3v) is 4.24. The highest BCUT2D eigenvalue weighted by Crippen LogP contribution is 2.32. The minimum Gasteiger partial charge on any atom is -0.495 e. The second-order valence-electron chi connectivity index (χ2n) is 7.24. The lowest BCUT2D eigenvalue weighted by atomic mass is 10.0. The van der Waals surface area contributed by atoms with Gasteiger partial charge in [-0.05, 0) is 45.7 Å². The molecule has 0 spiro atoms. The molecule has 1 heterocycles. The van der Waals surface area contributed by atoms with E-state index < -0.39 is 5.60 Å². The number of rotatable bonds is 3. The van der Waals surface area contributed by atoms with Crippen LogP contribution in [0.5, 0.6) is 5.75 Å². The van der Waals surface area contributed by atoms with Gasteiger partial charge in [-0.25, -0.2) is 4.79 Å². The average molecular weight is 335 g/mol. The molecule has 134 valence electrons. The minimum absolute atomic E-state index is 0.191. The van der Waals surface area contributed by atoms with Crippen LogP contribution in [0.3, 0.4) is 0 Å². The highest BCUT2D eigenvalue weighted by Gasteiger charge is 2.29. The van der Waals surface area contributed by atoms with Crippen molar-refractivity contribution in [1.82, 2.24) is 4.90 Å². The lowest BCUT2D eigenvalue weighted by Gasteiger charge is -2.38. The Morgan fingerprint density at radius 1 is 1.29 bits per heavy atom. The number of nitrogens with two attached hydrogens (primary N) is 1. The van der Waals surface area contributed by atoms with Crippen molar-refractivity contribution >= 4 is 17.5 Å². The van der Waals surface area contributed by atoms with Gasteiger partial charge in [0.25, 0.3) is 0 Å². The third kappa shape index (κ3) is 4.46. The zero-order chi connectivity index (χ0) is 17.9. The number of hydrogen-bond acceptors (Lipinski definition) is 5. The Balaban J connectivity index is 1.97. The normalized spacial score (nSPS) is 16.0. The predicted molar refractivity (Wildman–Crippen MR) is 96.6 cm³/mol. The summed E-state index contributed by atoms with van der Waals surface area (Å²) in [5.41, 5.74) is 7.09. The summed E-state index contributed by atoms with van der Waals surface area (Å²) in [4.78, 5) is 16.2. The Bertz CT molecular complexity index is 575. The third-order valence-electron chi connectivity index (χ3n) is 4.24. The number of hydrogen-bond donors (Lipinski definition) is 1. The fourth-order valence-corrected chi connectivity index (χ4v) is 2.93. The topological polar surface area (TPSA) is 68.0 Å². The summed E-state index contributed by atoms with van der Waals surface area (Å²) >= 11 is 0. The van der Waals surface area contributed by atoms with E-state index in [0.717, 1.165) is 37.4 Å². The first-order chi connectivity index (χ1) is 11.2. The maximum absolute atomic E-state index is 12.2. The molecule has 0 atom stereocenters. The van der Waals surface area contributed by atoms with Crippen LogP contribution in [0.4, 0.5) is 16.2 Å². The second-order valence-corrected chi connectivity index (χ2v) is 7.24. The average Bonchev–Trinajstić information content (AvgIpc) is 2.52. The van der Waals surface area contributed by atoms with Crippen molar-refractivity contribution in [1.29, 1.82) is 0 Å². The zero-order valence-corrected chi connectivity index (χ0v) is 15.3. The Morgan fingerprint density at radius 3 is 2.46 bits per heavy atom. The molecule has 2 N–H and O–H groups in total. The van der Waals surface area contributed by atoms with Crippen molar-refractivity contribution in [2.24, 2.45) is 0 Å². The van der Waals surface area contributed by atoms with Gasteiger partial charge in [-0.1, -0.05) is 0 Å². The van der Waals surface area contributed by atoms with E-state index in [-0.39, 0.29) is 12.1 Å². The van der Waals surface area contributed by atoms with E-state index in [4.69, 9.17) is 15.2 Å². The first-order valence-electron chi connectivity index (χ1n) is 8.35. The van der Waals surface area contributed by atoms with Crippen molar-refractivity contribution in [2.45, 2.75) is 45.3 Å². The summed E-state index contributed by atoms with van der Waals surface area (Å²) < 4.78 is 10.9. The lowest BCUT2D eigenvalue weighted by molar-refractivity contribution is 0.0201. The van der Waals surface area contributed by atoms with Crippen molar-refractivity contribution in [3.63, 3.8) is 0 Å². The molecule has 1 aliphatic rings. The number of nitrogen functional groups attached to an aromatic ring is 1. The molecule has 0 saturated carbocycles. The van der Waals surface area contributed by atoms with Crippen LogP contribution in [-0.2, 0) is 4.74 Å². The van der Waals surface area contributed by atoms with Gasteiger partial charge in [-0.15, -0.1) is 0 Å². The summed E-state index contributed by atoms with van der Waals surface area (Å²) in [7, 11) is 3.47. The summed E-state index contributed by atoms with van der Waals surface area (Å²) in [6.45, 7) is 7.37. The van der Waals surface area contributed by atoms with E-state index in [1.54, 1.807) is 12.0 Å². The molecule has 1 aliphatic heterocycles. The highest BCUT2D eigenvalue weighted by atomic mass is 16.6. The number of methoxy groups -OCH3 is 1. The Morgan fingerprint density at radius 2 is 1.92 bits per heavy atom. The molecule has 6 nitrogen and oxygen atoms in total. The van der Waals surface area contributed by atoms with Gasteiger partial charge in [0.05, 0.1) is 12.8 Å². The SMILES string of the molecule is COc1cc(N)ccc1N1CCC(N(C)C(=O)OC(C)(C)C)CC1. The van der Waals surface area contributed by atoms with Gasteiger partial charge < -0.3 is 25.0 Å². The summed E-state index contributed by atoms with van der Waals surface area (Å²) in [5.74, 6) is 0.786. The molecule has 0 radical (unpaired) electrons. The molecular formula is C18H29N3O3. The predicted octanol–water partition coefficient (Wildman–Crippen LogP) is 3.11. The first kappa shape index (κ1) is 18.2. The molecule has 1 amide bonds. The first-order valence-corrected chi connectivity index (χ1v) is 8.35. The maximum Gasteiger partial charge on any atom is 0.410 e. The number of piperidine rings is 1. The van der Waals surface area contributed by atoms with Crippen molar-refractivity contribution in [2.75, 3.05) is 37.9 Å². The molecule has 1 aromatic carbocycles. The van der Waals surface area contributed by atoms with Crippen molar-refractivity contribution in [3.05, 3.63) is 18.2 Å². The van der Waals surface area contributed by atoms with Gasteiger partial charge in [-0.3, -0.25) is 0 Å². The largest absolute Gasteiger partial charge is 0.495 e. The van der Waals surface area contributed by atoms with Gasteiger partial charge in [0.1, 0.15) is 11.4 Å². The molecule has 1 fully saturated rings. The van der Waals surface area contributed by atoms with E-state index in [1.165, 1.54) is 0 Å². The molecule has 6 heteroatoms. The maximum atomic E-state index is 12.2. The van der Waals surface area contributed by atoms with Crippen LogP contribution in [0.2, 0.25) is 0 Å². The standard InChI is InChI=1S/C18H29N3O3/c1-18(2,3)24-17(22)20(4)14-8-10-21(11-9-14)15-7-6-13(19)12-16(15)23-5/h6-7,12,14H,8-11,19H2,1-5H3. The Labute approximate surface area is 144 Å². The van der Waals surface area contributed by atoms with E-state index >= 15 is 0 Å². The van der Waals surface area contributed by atoms with Crippen LogP contribution in [0.15, 0.2) is 18.2 Å². The summed E-state index contributed by atoms with van der Waals surface area (Å²) in [5, 5.41) is 0. The molecule has 0 aromatic heterocycles. The zero-order valence-electron chi connectivity index (χ0n) is 15.3. The van der Waals surface area contributed by atoms with Gasteiger partial charge in [0.2, 0.25) is 0 Å². The fraction of sp³-hybridized carbons (Fsp3) is 0.611. The van der Waals surface area contributed by atoms with E-state index in [9.17, 15) is 4.79 Å². The Kier molecular flexibility index (Phi) is 5.47. The summed E-state index contributed by atoms with van der Waals surface area (Å²) in [6, 6.07) is 5.91. The van der Waals surface area contributed by atoms with Gasteiger partial charge in [0.15, 0.2) is 0 Å². The summed E-state index contributed by atoms with van der Waals surface area (Å²) in [6.07, 6.45) is 1.53. The van der Waals surface area contributed by atoms with Crippen molar-refractivity contribution < 1.29 is 14.3 Å². The van der Waals surface area contributed by atoms with Crippen LogP contribution in [0.25, 0.3) is 0 Å². The minimum atomic E-state index is -0.469. The monoisotopic (exact) mass is 335 g/mol. The van der Waals surface area contributed by atoms with Gasteiger partial charge in [0, 0.05) is 37.9 Å². The number of carbonyl (C=O) groups is 1. The number of carbonyl (C=O) groups excluding carboxylic acids is 1. The van der Waals surface area contributed by atoms with Crippen LogP contribution < -0.4 is 15.4 Å². The van der Waals surface area contributed by atoms with E-state index in [0.29, 0.717) is 5.69 Å². The Hall–Kier alpha value is -2.11. The number of amides is 1. The molecule has 1 aromatic rings. The van der Waals surface area contributed by atoms with E-state index in [2.05, 4.69) is 4.90 Å².